The lowest BCUT2D eigenvalue weighted by molar-refractivity contribution is -0.119. The molecule has 2 rings (SSSR count). The second-order valence-corrected chi connectivity index (χ2v) is 8.16. The van der Waals surface area contributed by atoms with Crippen LogP contribution in [0.25, 0.3) is 0 Å². The van der Waals surface area contributed by atoms with E-state index in [4.69, 9.17) is 0 Å². The average molecular weight is 360 g/mol. The number of rotatable bonds is 9. The first-order valence-electron chi connectivity index (χ1n) is 8.23. The molecule has 0 aromatic heterocycles. The van der Waals surface area contributed by atoms with E-state index in [1.807, 2.05) is 60.5 Å². The zero-order valence-corrected chi connectivity index (χ0v) is 15.2. The normalized spacial score (nSPS) is 11.1. The van der Waals surface area contributed by atoms with Crippen LogP contribution in [0.4, 0.5) is 5.69 Å². The van der Waals surface area contributed by atoms with Crippen LogP contribution in [0.1, 0.15) is 12.0 Å². The van der Waals surface area contributed by atoms with Crippen LogP contribution in [-0.4, -0.2) is 40.2 Å². The van der Waals surface area contributed by atoms with Gasteiger partial charge in [-0.05, 0) is 24.1 Å². The van der Waals surface area contributed by atoms with Crippen LogP contribution in [0.2, 0.25) is 0 Å². The van der Waals surface area contributed by atoms with E-state index in [1.165, 1.54) is 0 Å². The number of hydrogen-bond acceptors (Lipinski definition) is 4. The summed E-state index contributed by atoms with van der Waals surface area (Å²) in [6.45, 7) is 0.594. The Morgan fingerprint density at radius 1 is 1.00 bits per heavy atom. The highest BCUT2D eigenvalue weighted by molar-refractivity contribution is 7.90. The molecule has 0 radical (unpaired) electrons. The number of para-hydroxylation sites is 1. The molecule has 1 amide bonds. The van der Waals surface area contributed by atoms with E-state index in [1.54, 1.807) is 12.1 Å². The minimum Gasteiger partial charge on any atom is -0.365 e. The molecule has 0 fully saturated rings. The Hall–Kier alpha value is -2.34. The first kappa shape index (κ1) is 19.0. The monoisotopic (exact) mass is 360 g/mol. The number of amides is 1. The highest BCUT2D eigenvalue weighted by Crippen LogP contribution is 2.10. The number of benzene rings is 2. The smallest absolute Gasteiger partial charge is 0.239 e. The van der Waals surface area contributed by atoms with Crippen LogP contribution in [0.3, 0.4) is 0 Å². The maximum absolute atomic E-state index is 12.1. The third-order valence-electron chi connectivity index (χ3n) is 3.76. The van der Waals surface area contributed by atoms with Crippen molar-refractivity contribution in [3.05, 3.63) is 66.2 Å². The molecule has 0 bridgehead atoms. The maximum Gasteiger partial charge on any atom is 0.239 e. The molecule has 0 aliphatic heterocycles. The highest BCUT2D eigenvalue weighted by atomic mass is 32.2. The van der Waals surface area contributed by atoms with E-state index in [0.717, 1.165) is 11.3 Å². The van der Waals surface area contributed by atoms with E-state index in [2.05, 4.69) is 5.32 Å². The Morgan fingerprint density at radius 3 is 2.24 bits per heavy atom. The van der Waals surface area contributed by atoms with Crippen molar-refractivity contribution in [3.63, 3.8) is 0 Å². The third-order valence-corrected chi connectivity index (χ3v) is 5.45. The predicted octanol–water partition coefficient (Wildman–Crippen LogP) is 2.24. The van der Waals surface area contributed by atoms with Crippen molar-refractivity contribution in [1.29, 1.82) is 0 Å². The zero-order valence-electron chi connectivity index (χ0n) is 14.4. The number of nitrogens with zero attached hydrogens (tertiary/aromatic N) is 1. The minimum atomic E-state index is -3.16. The fourth-order valence-corrected chi connectivity index (χ4v) is 3.89. The molecule has 25 heavy (non-hydrogen) atoms. The van der Waals surface area contributed by atoms with Crippen LogP contribution in [-0.2, 0) is 20.4 Å². The molecule has 2 aromatic carbocycles. The molecular formula is C19H24N2O3S. The summed E-state index contributed by atoms with van der Waals surface area (Å²) in [5.74, 6) is -0.0123. The van der Waals surface area contributed by atoms with Gasteiger partial charge in [0.05, 0.1) is 18.1 Å². The summed E-state index contributed by atoms with van der Waals surface area (Å²) >= 11 is 0. The molecule has 0 aliphatic carbocycles. The van der Waals surface area contributed by atoms with Crippen molar-refractivity contribution in [2.45, 2.75) is 12.2 Å². The Kier molecular flexibility index (Phi) is 7.01. The van der Waals surface area contributed by atoms with E-state index in [9.17, 15) is 13.2 Å². The molecule has 2 aromatic rings. The zero-order chi connectivity index (χ0) is 18.1. The van der Waals surface area contributed by atoms with E-state index in [0.29, 0.717) is 13.0 Å². The van der Waals surface area contributed by atoms with Gasteiger partial charge in [0.2, 0.25) is 5.91 Å². The largest absolute Gasteiger partial charge is 0.365 e. The number of likely N-dealkylation sites (N-methyl/N-ethyl adjacent to an activating group) is 1. The molecule has 1 N–H and O–H groups in total. The summed E-state index contributed by atoms with van der Waals surface area (Å²) in [5.41, 5.74) is 1.75. The highest BCUT2D eigenvalue weighted by Gasteiger charge is 2.12. The average Bonchev–Trinajstić information content (AvgIpc) is 2.60. The van der Waals surface area contributed by atoms with Crippen molar-refractivity contribution in [2.75, 3.05) is 30.8 Å². The number of carbonyl (C=O) groups excluding carboxylic acids is 1. The molecule has 134 valence electrons. The molecule has 0 atom stereocenters. The number of carbonyl (C=O) groups is 1. The topological polar surface area (TPSA) is 66.5 Å². The summed E-state index contributed by atoms with van der Waals surface area (Å²) in [7, 11) is -1.31. The molecule has 0 aliphatic rings. The molecule has 6 heteroatoms. The summed E-state index contributed by atoms with van der Waals surface area (Å²) in [6.07, 6.45) is 0.413. The van der Waals surface area contributed by atoms with E-state index < -0.39 is 9.84 Å². The molecular weight excluding hydrogens is 336 g/mol. The Morgan fingerprint density at radius 2 is 1.60 bits per heavy atom. The van der Waals surface area contributed by atoms with Crippen LogP contribution < -0.4 is 10.2 Å². The second-order valence-electron chi connectivity index (χ2n) is 5.97. The van der Waals surface area contributed by atoms with Gasteiger partial charge < -0.3 is 10.2 Å². The van der Waals surface area contributed by atoms with Crippen LogP contribution in [0.15, 0.2) is 60.7 Å². The van der Waals surface area contributed by atoms with Gasteiger partial charge in [0.1, 0.15) is 0 Å². The van der Waals surface area contributed by atoms with Crippen molar-refractivity contribution in [1.82, 2.24) is 5.32 Å². The summed E-state index contributed by atoms with van der Waals surface area (Å²) < 4.78 is 24.2. The van der Waals surface area contributed by atoms with Crippen molar-refractivity contribution >= 4 is 21.4 Å². The number of anilines is 1. The van der Waals surface area contributed by atoms with E-state index in [-0.39, 0.29) is 24.0 Å². The summed E-state index contributed by atoms with van der Waals surface area (Å²) in [4.78, 5) is 13.8. The van der Waals surface area contributed by atoms with Crippen LogP contribution in [0.5, 0.6) is 0 Å². The molecule has 0 saturated heterocycles. The number of hydrogen-bond donors (Lipinski definition) is 1. The maximum atomic E-state index is 12.1. The summed E-state index contributed by atoms with van der Waals surface area (Å²) in [6, 6.07) is 18.8. The number of nitrogens with one attached hydrogen (secondary N) is 1. The van der Waals surface area contributed by atoms with Gasteiger partial charge in [0.25, 0.3) is 0 Å². The van der Waals surface area contributed by atoms with Gasteiger partial charge in [-0.1, -0.05) is 48.5 Å². The standard InChI is InChI=1S/C19H24N2O3S/c1-21(18-11-6-3-7-12-18)15-19(22)20-13-8-14-25(23,24)16-17-9-4-2-5-10-17/h2-7,9-12H,8,13-16H2,1H3,(H,20,22). The lowest BCUT2D eigenvalue weighted by Crippen LogP contribution is -2.36. The Balaban J connectivity index is 1.69. The van der Waals surface area contributed by atoms with Crippen molar-refractivity contribution in [3.8, 4) is 0 Å². The second kappa shape index (κ2) is 9.22. The minimum absolute atomic E-state index is 0.0402. The fourth-order valence-electron chi connectivity index (χ4n) is 2.47. The van der Waals surface area contributed by atoms with Gasteiger partial charge in [0, 0.05) is 19.3 Å². The fraction of sp³-hybridized carbons (Fsp3) is 0.316. The van der Waals surface area contributed by atoms with Crippen LogP contribution >= 0.6 is 0 Å². The molecule has 0 unspecified atom stereocenters. The van der Waals surface area contributed by atoms with Gasteiger partial charge in [-0.2, -0.15) is 0 Å². The predicted molar refractivity (Wildman–Crippen MR) is 101 cm³/mol. The first-order chi connectivity index (χ1) is 12.0. The third kappa shape index (κ3) is 6.97. The van der Waals surface area contributed by atoms with Gasteiger partial charge in [0.15, 0.2) is 9.84 Å². The quantitative estimate of drug-likeness (QED) is 0.697. The van der Waals surface area contributed by atoms with Gasteiger partial charge >= 0.3 is 0 Å². The van der Waals surface area contributed by atoms with Crippen molar-refractivity contribution < 1.29 is 13.2 Å². The Labute approximate surface area is 149 Å². The molecule has 0 heterocycles. The lowest BCUT2D eigenvalue weighted by Gasteiger charge is -2.18. The Bertz CT molecular complexity index is 762. The van der Waals surface area contributed by atoms with Gasteiger partial charge in [-0.15, -0.1) is 0 Å². The SMILES string of the molecule is CN(CC(=O)NCCCS(=O)(=O)Cc1ccccc1)c1ccccc1. The van der Waals surface area contributed by atoms with Crippen molar-refractivity contribution in [2.24, 2.45) is 0 Å². The molecule has 5 nitrogen and oxygen atoms in total. The van der Waals surface area contributed by atoms with Crippen LogP contribution in [0, 0.1) is 0 Å². The van der Waals surface area contributed by atoms with E-state index >= 15 is 0 Å². The molecule has 0 saturated carbocycles. The van der Waals surface area contributed by atoms with Gasteiger partial charge in [-0.3, -0.25) is 4.79 Å². The number of sulfone groups is 1. The lowest BCUT2D eigenvalue weighted by atomic mass is 10.2. The van der Waals surface area contributed by atoms with Gasteiger partial charge in [-0.25, -0.2) is 8.42 Å². The first-order valence-corrected chi connectivity index (χ1v) is 10.1. The molecule has 0 spiro atoms. The summed E-state index contributed by atoms with van der Waals surface area (Å²) in [5, 5.41) is 2.77.